The zero-order valence-electron chi connectivity index (χ0n) is 11.5. The van der Waals surface area contributed by atoms with Gasteiger partial charge >= 0.3 is 11.6 Å². The van der Waals surface area contributed by atoms with Gasteiger partial charge in [0.05, 0.1) is 5.56 Å². The molecule has 4 heteroatoms. The lowest BCUT2D eigenvalue weighted by Gasteiger charge is -1.98. The molecular formula is C16H16N3O+. The van der Waals surface area contributed by atoms with Crippen molar-refractivity contribution >= 4 is 5.88 Å². The lowest BCUT2D eigenvalue weighted by Crippen LogP contribution is -2.35. The molecule has 0 fully saturated rings. The molecular weight excluding hydrogens is 250 g/mol. The summed E-state index contributed by atoms with van der Waals surface area (Å²) < 4.78 is 6.93. The molecule has 1 heterocycles. The van der Waals surface area contributed by atoms with E-state index >= 15 is 0 Å². The van der Waals surface area contributed by atoms with Crippen LogP contribution >= 0.6 is 0 Å². The summed E-state index contributed by atoms with van der Waals surface area (Å²) in [5.41, 5.74) is 11.0. The molecule has 100 valence electrons. The fourth-order valence-electron chi connectivity index (χ4n) is 2.21. The Bertz CT molecular complexity index is 745. The SMILES string of the molecule is Cc1ccc(-c2c(N)on[n+]2-c2ccccc2C)cc1. The number of hydrogen-bond donors (Lipinski definition) is 1. The molecule has 2 N–H and O–H groups in total. The second-order valence-electron chi connectivity index (χ2n) is 4.85. The number of nitrogens with two attached hydrogens (primary N) is 1. The van der Waals surface area contributed by atoms with Crippen LogP contribution in [0.2, 0.25) is 0 Å². The van der Waals surface area contributed by atoms with Gasteiger partial charge in [0.15, 0.2) is 0 Å². The summed E-state index contributed by atoms with van der Waals surface area (Å²) >= 11 is 0. The number of rotatable bonds is 2. The van der Waals surface area contributed by atoms with Crippen molar-refractivity contribution in [2.24, 2.45) is 0 Å². The zero-order chi connectivity index (χ0) is 14.1. The quantitative estimate of drug-likeness (QED) is 0.726. The summed E-state index contributed by atoms with van der Waals surface area (Å²) in [6.07, 6.45) is 0. The van der Waals surface area contributed by atoms with Gasteiger partial charge in [0.2, 0.25) is 11.0 Å². The van der Waals surface area contributed by atoms with E-state index in [1.54, 1.807) is 4.68 Å². The molecule has 0 unspecified atom stereocenters. The highest BCUT2D eigenvalue weighted by Crippen LogP contribution is 2.23. The number of para-hydroxylation sites is 1. The molecule has 2 aromatic carbocycles. The van der Waals surface area contributed by atoms with Crippen molar-refractivity contribution in [1.82, 2.24) is 5.27 Å². The van der Waals surface area contributed by atoms with Crippen LogP contribution in [0.3, 0.4) is 0 Å². The third-order valence-corrected chi connectivity index (χ3v) is 3.33. The van der Waals surface area contributed by atoms with E-state index in [-0.39, 0.29) is 0 Å². The van der Waals surface area contributed by atoms with Crippen molar-refractivity contribution in [3.63, 3.8) is 0 Å². The molecule has 0 atom stereocenters. The zero-order valence-corrected chi connectivity index (χ0v) is 11.5. The predicted molar refractivity (Wildman–Crippen MR) is 77.4 cm³/mol. The molecule has 3 aromatic rings. The van der Waals surface area contributed by atoms with Gasteiger partial charge in [-0.2, -0.15) is 0 Å². The smallest absolute Gasteiger partial charge is 0.311 e. The topological polar surface area (TPSA) is 55.9 Å². The summed E-state index contributed by atoms with van der Waals surface area (Å²) in [4.78, 5) is 0. The van der Waals surface area contributed by atoms with Crippen LogP contribution in [0.4, 0.5) is 5.88 Å². The molecule has 0 spiro atoms. The third-order valence-electron chi connectivity index (χ3n) is 3.33. The maximum absolute atomic E-state index is 5.95. The summed E-state index contributed by atoms with van der Waals surface area (Å²) in [7, 11) is 0. The predicted octanol–water partition coefficient (Wildman–Crippen LogP) is 2.82. The van der Waals surface area contributed by atoms with Gasteiger partial charge < -0.3 is 5.73 Å². The highest BCUT2D eigenvalue weighted by Gasteiger charge is 2.27. The number of nitrogens with zero attached hydrogens (tertiary/aromatic N) is 2. The first-order valence-corrected chi connectivity index (χ1v) is 6.47. The van der Waals surface area contributed by atoms with Crippen LogP contribution in [0.1, 0.15) is 11.1 Å². The molecule has 0 radical (unpaired) electrons. The highest BCUT2D eigenvalue weighted by atomic mass is 16.5. The number of aryl methyl sites for hydroxylation is 2. The van der Waals surface area contributed by atoms with E-state index < -0.39 is 0 Å². The number of nitrogen functional groups attached to an aromatic ring is 1. The summed E-state index contributed by atoms with van der Waals surface area (Å²) in [6, 6.07) is 16.1. The number of anilines is 1. The van der Waals surface area contributed by atoms with Crippen molar-refractivity contribution in [1.29, 1.82) is 0 Å². The molecule has 0 saturated carbocycles. The standard InChI is InChI=1S/C16H16N3O/c1-11-7-9-13(10-8-11)15-16(17)20-18-19(15)14-6-4-3-5-12(14)2/h3-10H,17H2,1-2H3/q+1. The Hall–Kier alpha value is -2.62. The molecule has 3 rings (SSSR count). The number of aromatic nitrogens is 2. The molecule has 0 aliphatic heterocycles. The molecule has 0 aliphatic carbocycles. The van der Waals surface area contributed by atoms with E-state index in [1.807, 2.05) is 55.5 Å². The Morgan fingerprint density at radius 2 is 1.70 bits per heavy atom. The van der Waals surface area contributed by atoms with Crippen LogP contribution in [-0.4, -0.2) is 5.27 Å². The average Bonchev–Trinajstić information content (AvgIpc) is 2.82. The molecule has 1 aromatic heterocycles. The number of benzene rings is 2. The first-order valence-electron chi connectivity index (χ1n) is 6.47. The Labute approximate surface area is 117 Å². The molecule has 0 amide bonds. The van der Waals surface area contributed by atoms with Gasteiger partial charge in [-0.05, 0) is 30.7 Å². The normalized spacial score (nSPS) is 10.7. The molecule has 0 bridgehead atoms. The largest absolute Gasteiger partial charge is 0.362 e. The molecule has 4 nitrogen and oxygen atoms in total. The Kier molecular flexibility index (Phi) is 2.99. The van der Waals surface area contributed by atoms with Gasteiger partial charge in [-0.15, -0.1) is 0 Å². The Morgan fingerprint density at radius 1 is 1.00 bits per heavy atom. The van der Waals surface area contributed by atoms with Gasteiger partial charge in [-0.1, -0.05) is 35.9 Å². The third kappa shape index (κ3) is 2.05. The molecule has 0 aliphatic rings. The van der Waals surface area contributed by atoms with E-state index in [1.165, 1.54) is 5.56 Å². The Balaban J connectivity index is 2.20. The molecule has 20 heavy (non-hydrogen) atoms. The van der Waals surface area contributed by atoms with Crippen molar-refractivity contribution in [2.75, 3.05) is 5.73 Å². The minimum absolute atomic E-state index is 0.317. The summed E-state index contributed by atoms with van der Waals surface area (Å²) in [5.74, 6) is 0.317. The van der Waals surface area contributed by atoms with Crippen LogP contribution < -0.4 is 10.4 Å². The number of hydrogen-bond acceptors (Lipinski definition) is 3. The minimum atomic E-state index is 0.317. The van der Waals surface area contributed by atoms with Gasteiger partial charge in [0.25, 0.3) is 0 Å². The summed E-state index contributed by atoms with van der Waals surface area (Å²) in [5, 5.41) is 4.06. The monoisotopic (exact) mass is 266 g/mol. The van der Waals surface area contributed by atoms with Gasteiger partial charge in [0, 0.05) is 11.6 Å². The van der Waals surface area contributed by atoms with Crippen LogP contribution in [0.15, 0.2) is 53.1 Å². The highest BCUT2D eigenvalue weighted by molar-refractivity contribution is 5.66. The lowest BCUT2D eigenvalue weighted by molar-refractivity contribution is -0.660. The van der Waals surface area contributed by atoms with Crippen molar-refractivity contribution in [3.8, 4) is 16.9 Å². The van der Waals surface area contributed by atoms with E-state index in [0.29, 0.717) is 5.88 Å². The first-order chi connectivity index (χ1) is 9.66. The molecule has 0 saturated heterocycles. The first kappa shape index (κ1) is 12.4. The maximum Gasteiger partial charge on any atom is 0.311 e. The fourth-order valence-corrected chi connectivity index (χ4v) is 2.21. The van der Waals surface area contributed by atoms with E-state index in [2.05, 4.69) is 12.2 Å². The second-order valence-corrected chi connectivity index (χ2v) is 4.85. The summed E-state index contributed by atoms with van der Waals surface area (Å²) in [6.45, 7) is 4.09. The maximum atomic E-state index is 5.95. The van der Waals surface area contributed by atoms with E-state index in [0.717, 1.165) is 22.5 Å². The van der Waals surface area contributed by atoms with Crippen LogP contribution in [0, 0.1) is 13.8 Å². The Morgan fingerprint density at radius 3 is 2.40 bits per heavy atom. The van der Waals surface area contributed by atoms with E-state index in [4.69, 9.17) is 10.3 Å². The van der Waals surface area contributed by atoms with Crippen molar-refractivity contribution in [3.05, 3.63) is 59.7 Å². The average molecular weight is 266 g/mol. The minimum Gasteiger partial charge on any atom is -0.362 e. The van der Waals surface area contributed by atoms with Crippen LogP contribution in [0.25, 0.3) is 16.9 Å². The van der Waals surface area contributed by atoms with E-state index in [9.17, 15) is 0 Å². The van der Waals surface area contributed by atoms with Crippen LogP contribution in [0.5, 0.6) is 0 Å². The van der Waals surface area contributed by atoms with Gasteiger partial charge in [0.1, 0.15) is 0 Å². The lowest BCUT2D eigenvalue weighted by atomic mass is 10.1. The second kappa shape index (κ2) is 4.81. The van der Waals surface area contributed by atoms with Gasteiger partial charge in [-0.25, -0.2) is 0 Å². The van der Waals surface area contributed by atoms with Gasteiger partial charge in [-0.3, -0.25) is 4.52 Å². The van der Waals surface area contributed by atoms with Crippen LogP contribution in [-0.2, 0) is 0 Å². The van der Waals surface area contributed by atoms with Crippen molar-refractivity contribution in [2.45, 2.75) is 13.8 Å². The fraction of sp³-hybridized carbons (Fsp3) is 0.125. The van der Waals surface area contributed by atoms with Crippen molar-refractivity contribution < 1.29 is 9.20 Å².